The van der Waals surface area contributed by atoms with Crippen LogP contribution in [-0.4, -0.2) is 42.3 Å². The van der Waals surface area contributed by atoms with Gasteiger partial charge < -0.3 is 10.1 Å². The molecule has 0 radical (unpaired) electrons. The second-order valence-corrected chi connectivity index (χ2v) is 10.9. The average molecular weight is 449 g/mol. The molecule has 0 aliphatic heterocycles. The number of aryl methyl sites for hydroxylation is 1. The number of anilines is 1. The Balaban J connectivity index is 1.56. The minimum atomic E-state index is -0.298. The number of nitrogens with zero attached hydrogens (tertiary/aromatic N) is 2. The van der Waals surface area contributed by atoms with Crippen molar-refractivity contribution in [1.29, 1.82) is 0 Å². The Kier molecular flexibility index (Phi) is 7.17. The summed E-state index contributed by atoms with van der Waals surface area (Å²) in [7, 11) is 0. The molecule has 1 aromatic rings. The molecule has 9 heteroatoms. The summed E-state index contributed by atoms with van der Waals surface area (Å²) in [5.41, 5.74) is 0.843. The third kappa shape index (κ3) is 6.14. The molecule has 2 aliphatic carbocycles. The summed E-state index contributed by atoms with van der Waals surface area (Å²) >= 11 is 1.42. The van der Waals surface area contributed by atoms with Crippen LogP contribution in [-0.2, 0) is 27.2 Å². The molecule has 1 heterocycles. The highest BCUT2D eigenvalue weighted by molar-refractivity contribution is 7.15. The molecule has 1 aromatic heterocycles. The van der Waals surface area contributed by atoms with Gasteiger partial charge in [0, 0.05) is 11.4 Å². The molecule has 2 aliphatic rings. The molecular formula is C22H32N4O4S. The van der Waals surface area contributed by atoms with Crippen LogP contribution in [0.25, 0.3) is 0 Å². The number of thiazole rings is 1. The van der Waals surface area contributed by atoms with Gasteiger partial charge in [0.1, 0.15) is 0 Å². The fourth-order valence-electron chi connectivity index (χ4n) is 5.20. The van der Waals surface area contributed by atoms with E-state index in [2.05, 4.69) is 41.4 Å². The van der Waals surface area contributed by atoms with Crippen LogP contribution in [0.5, 0.6) is 0 Å². The van der Waals surface area contributed by atoms with Gasteiger partial charge in [-0.05, 0) is 56.3 Å². The van der Waals surface area contributed by atoms with Crippen LogP contribution in [0.15, 0.2) is 4.99 Å². The summed E-state index contributed by atoms with van der Waals surface area (Å²) in [4.78, 5) is 44.8. The zero-order valence-corrected chi connectivity index (χ0v) is 19.6. The SMILES string of the molecule is CCOC(=O)C1CCc2nc(NC(=O)NCC3(C)CC(N=C=O)CC(C)(C)C3)sc2C1. The first-order valence-corrected chi connectivity index (χ1v) is 11.7. The maximum Gasteiger partial charge on any atom is 0.321 e. The quantitative estimate of drug-likeness (QED) is 0.390. The number of aromatic nitrogens is 1. The molecule has 2 N–H and O–H groups in total. The summed E-state index contributed by atoms with van der Waals surface area (Å²) in [5, 5.41) is 6.35. The summed E-state index contributed by atoms with van der Waals surface area (Å²) in [6.45, 7) is 9.14. The standard InChI is InChI=1S/C22H32N4O4S/c1-5-30-18(28)14-6-7-16-17(8-14)31-20(25-16)26-19(29)23-12-22(4)10-15(24-13-27)9-21(2,3)11-22/h14-15H,5-12H2,1-4H3,(H2,23,25,26,29). The number of carbonyl (C=O) groups excluding carboxylic acids is 3. The number of hydrogen-bond donors (Lipinski definition) is 2. The predicted octanol–water partition coefficient (Wildman–Crippen LogP) is 3.85. The topological polar surface area (TPSA) is 110 Å². The monoisotopic (exact) mass is 448 g/mol. The number of rotatable bonds is 6. The van der Waals surface area contributed by atoms with Gasteiger partial charge in [0.15, 0.2) is 5.13 Å². The lowest BCUT2D eigenvalue weighted by Gasteiger charge is -2.45. The summed E-state index contributed by atoms with van der Waals surface area (Å²) in [6.07, 6.45) is 6.27. The van der Waals surface area contributed by atoms with E-state index in [9.17, 15) is 14.4 Å². The van der Waals surface area contributed by atoms with Crippen molar-refractivity contribution in [2.24, 2.45) is 21.7 Å². The Labute approximate surface area is 187 Å². The van der Waals surface area contributed by atoms with Gasteiger partial charge >= 0.3 is 12.0 Å². The highest BCUT2D eigenvalue weighted by Crippen LogP contribution is 2.46. The molecular weight excluding hydrogens is 416 g/mol. The summed E-state index contributed by atoms with van der Waals surface area (Å²) < 4.78 is 5.14. The van der Waals surface area contributed by atoms with Gasteiger partial charge in [-0.15, -0.1) is 11.3 Å². The predicted molar refractivity (Wildman–Crippen MR) is 119 cm³/mol. The lowest BCUT2D eigenvalue weighted by Crippen LogP contribution is -2.45. The third-order valence-electron chi connectivity index (χ3n) is 6.11. The van der Waals surface area contributed by atoms with E-state index in [1.807, 2.05) is 6.92 Å². The van der Waals surface area contributed by atoms with Crippen molar-refractivity contribution >= 4 is 34.5 Å². The van der Waals surface area contributed by atoms with E-state index in [0.717, 1.165) is 36.3 Å². The molecule has 1 saturated carbocycles. The van der Waals surface area contributed by atoms with Gasteiger partial charge in [-0.25, -0.2) is 19.6 Å². The van der Waals surface area contributed by atoms with Crippen LogP contribution >= 0.6 is 11.3 Å². The molecule has 0 aromatic carbocycles. The highest BCUT2D eigenvalue weighted by atomic mass is 32.1. The zero-order chi connectivity index (χ0) is 22.6. The van der Waals surface area contributed by atoms with Crippen LogP contribution in [0.4, 0.5) is 9.93 Å². The largest absolute Gasteiger partial charge is 0.466 e. The van der Waals surface area contributed by atoms with Gasteiger partial charge in [0.25, 0.3) is 0 Å². The number of amides is 2. The zero-order valence-electron chi connectivity index (χ0n) is 18.7. The highest BCUT2D eigenvalue weighted by Gasteiger charge is 2.41. The van der Waals surface area contributed by atoms with Gasteiger partial charge in [-0.1, -0.05) is 20.8 Å². The molecule has 0 saturated heterocycles. The number of carbonyl (C=O) groups is 2. The molecule has 0 spiro atoms. The Bertz CT molecular complexity index is 877. The van der Waals surface area contributed by atoms with Gasteiger partial charge in [-0.3, -0.25) is 10.1 Å². The molecule has 1 fully saturated rings. The van der Waals surface area contributed by atoms with Crippen LogP contribution in [0.1, 0.15) is 63.9 Å². The average Bonchev–Trinajstić information content (AvgIpc) is 3.06. The van der Waals surface area contributed by atoms with Gasteiger partial charge in [0.05, 0.1) is 24.3 Å². The van der Waals surface area contributed by atoms with Crippen molar-refractivity contribution < 1.29 is 19.1 Å². The number of hydrogen-bond acceptors (Lipinski definition) is 7. The third-order valence-corrected chi connectivity index (χ3v) is 7.15. The smallest absolute Gasteiger partial charge is 0.321 e. The molecule has 8 nitrogen and oxygen atoms in total. The number of nitrogens with one attached hydrogen (secondary N) is 2. The number of isocyanates is 1. The van der Waals surface area contributed by atoms with E-state index in [1.54, 1.807) is 6.08 Å². The van der Waals surface area contributed by atoms with Gasteiger partial charge in [-0.2, -0.15) is 0 Å². The number of urea groups is 1. The lowest BCUT2D eigenvalue weighted by atomic mass is 9.63. The number of esters is 1. The Morgan fingerprint density at radius 3 is 2.81 bits per heavy atom. The Morgan fingerprint density at radius 1 is 1.32 bits per heavy atom. The van der Waals surface area contributed by atoms with Crippen molar-refractivity contribution in [1.82, 2.24) is 10.3 Å². The van der Waals surface area contributed by atoms with E-state index in [4.69, 9.17) is 4.74 Å². The van der Waals surface area contributed by atoms with Crippen molar-refractivity contribution in [3.05, 3.63) is 10.6 Å². The Morgan fingerprint density at radius 2 is 2.10 bits per heavy atom. The molecule has 31 heavy (non-hydrogen) atoms. The Hall–Kier alpha value is -2.25. The van der Waals surface area contributed by atoms with Gasteiger partial charge in [0.2, 0.25) is 6.08 Å². The molecule has 0 bridgehead atoms. The van der Waals surface area contributed by atoms with Crippen LogP contribution < -0.4 is 10.6 Å². The summed E-state index contributed by atoms with van der Waals surface area (Å²) in [5.74, 6) is -0.291. The maximum absolute atomic E-state index is 12.5. The minimum Gasteiger partial charge on any atom is -0.466 e. The molecule has 3 unspecified atom stereocenters. The molecule has 2 amide bonds. The molecule has 3 atom stereocenters. The van der Waals surface area contributed by atoms with E-state index < -0.39 is 0 Å². The van der Waals surface area contributed by atoms with Crippen LogP contribution in [0.3, 0.4) is 0 Å². The first-order valence-electron chi connectivity index (χ1n) is 10.9. The molecule has 170 valence electrons. The number of fused-ring (bicyclic) bond motifs is 1. The lowest BCUT2D eigenvalue weighted by molar-refractivity contribution is -0.148. The number of aliphatic imine (C=N–C) groups is 1. The van der Waals surface area contributed by atoms with E-state index in [-0.39, 0.29) is 34.8 Å². The minimum absolute atomic E-state index is 0.0417. The van der Waals surface area contributed by atoms with Crippen molar-refractivity contribution in [3.8, 4) is 0 Å². The fraction of sp³-hybridized carbons (Fsp3) is 0.727. The van der Waals surface area contributed by atoms with Crippen molar-refractivity contribution in [3.63, 3.8) is 0 Å². The first-order chi connectivity index (χ1) is 14.6. The second kappa shape index (κ2) is 9.49. The van der Waals surface area contributed by atoms with Crippen LogP contribution in [0, 0.1) is 16.7 Å². The number of ether oxygens (including phenoxy) is 1. The summed E-state index contributed by atoms with van der Waals surface area (Å²) in [6, 6.07) is -0.359. The maximum atomic E-state index is 12.5. The molecule has 3 rings (SSSR count). The first kappa shape index (κ1) is 23.4. The van der Waals surface area contributed by atoms with Crippen molar-refractivity contribution in [2.75, 3.05) is 18.5 Å². The van der Waals surface area contributed by atoms with E-state index in [1.165, 1.54) is 11.3 Å². The van der Waals surface area contributed by atoms with E-state index in [0.29, 0.717) is 31.1 Å². The normalized spacial score (nSPS) is 26.8. The van der Waals surface area contributed by atoms with Crippen molar-refractivity contribution in [2.45, 2.75) is 72.3 Å². The second-order valence-electron chi connectivity index (χ2n) is 9.82. The van der Waals surface area contributed by atoms with Crippen LogP contribution in [0.2, 0.25) is 0 Å². The fourth-order valence-corrected chi connectivity index (χ4v) is 6.29. The van der Waals surface area contributed by atoms with E-state index >= 15 is 0 Å².